The third kappa shape index (κ3) is 2.22. The van der Waals surface area contributed by atoms with Crippen molar-refractivity contribution in [3.63, 3.8) is 0 Å². The van der Waals surface area contributed by atoms with Crippen molar-refractivity contribution in [3.05, 3.63) is 80.2 Å². The van der Waals surface area contributed by atoms with Crippen LogP contribution in [-0.4, -0.2) is 24.9 Å². The van der Waals surface area contributed by atoms with Crippen LogP contribution in [0.25, 0.3) is 43.8 Å². The molecular weight excluding hydrogens is 322 g/mol. The van der Waals surface area contributed by atoms with E-state index in [4.69, 9.17) is 0 Å². The van der Waals surface area contributed by atoms with Gasteiger partial charge >= 0.3 is 0 Å². The average Bonchev–Trinajstić information content (AvgIpc) is 2.73. The first kappa shape index (κ1) is 14.6. The van der Waals surface area contributed by atoms with Gasteiger partial charge in [-0.25, -0.2) is 19.9 Å². The van der Waals surface area contributed by atoms with Gasteiger partial charge in [0.2, 0.25) is 0 Å². The van der Waals surface area contributed by atoms with Gasteiger partial charge in [-0.3, -0.25) is 4.98 Å². The molecule has 0 aliphatic carbocycles. The van der Waals surface area contributed by atoms with Gasteiger partial charge in [0.05, 0.1) is 0 Å². The summed E-state index contributed by atoms with van der Waals surface area (Å²) in [5.74, 6) is 0. The topological polar surface area (TPSA) is 64.5 Å². The minimum atomic E-state index is 0.970. The summed E-state index contributed by atoms with van der Waals surface area (Å²) in [5.41, 5.74) is 4.15. The fourth-order valence-corrected chi connectivity index (χ4v) is 3.50. The highest BCUT2D eigenvalue weighted by Crippen LogP contribution is 2.42. The number of benzene rings is 2. The molecule has 5 rings (SSSR count). The van der Waals surface area contributed by atoms with Crippen LogP contribution in [0.5, 0.6) is 0 Å². The molecule has 0 aliphatic heterocycles. The van der Waals surface area contributed by atoms with Crippen molar-refractivity contribution < 1.29 is 0 Å². The second-order valence-corrected chi connectivity index (χ2v) is 5.97. The zero-order chi connectivity index (χ0) is 17.3. The maximum Gasteiger partial charge on any atom is 0.115 e. The summed E-state index contributed by atoms with van der Waals surface area (Å²) in [6.07, 6.45) is 14.2. The zero-order valence-electron chi connectivity index (χ0n) is 13.7. The lowest BCUT2D eigenvalue weighted by Crippen LogP contribution is -1.93. The van der Waals surface area contributed by atoms with Crippen LogP contribution >= 0.6 is 0 Å². The molecule has 0 radical (unpaired) electrons. The molecule has 0 atom stereocenters. The van der Waals surface area contributed by atoms with Crippen molar-refractivity contribution in [2.75, 3.05) is 0 Å². The van der Waals surface area contributed by atoms with E-state index in [9.17, 15) is 0 Å². The summed E-state index contributed by atoms with van der Waals surface area (Å²) in [5, 5.41) is 4.42. The summed E-state index contributed by atoms with van der Waals surface area (Å²) >= 11 is 0. The second-order valence-electron chi connectivity index (χ2n) is 5.97. The zero-order valence-corrected chi connectivity index (χ0v) is 13.7. The number of rotatable bonds is 2. The van der Waals surface area contributed by atoms with E-state index in [1.54, 1.807) is 12.7 Å². The van der Waals surface area contributed by atoms with Crippen LogP contribution in [0.1, 0.15) is 0 Å². The van der Waals surface area contributed by atoms with E-state index in [2.05, 4.69) is 37.1 Å². The van der Waals surface area contributed by atoms with Crippen molar-refractivity contribution in [3.8, 4) is 22.3 Å². The lowest BCUT2D eigenvalue weighted by atomic mass is 9.88. The number of hydrogen-bond donors (Lipinski definition) is 0. The second kappa shape index (κ2) is 5.97. The minimum absolute atomic E-state index is 0.970. The van der Waals surface area contributed by atoms with E-state index in [1.165, 1.54) is 0 Å². The van der Waals surface area contributed by atoms with E-state index >= 15 is 0 Å². The summed E-state index contributed by atoms with van der Waals surface area (Å²) in [6.45, 7) is 0. The van der Waals surface area contributed by atoms with Crippen molar-refractivity contribution >= 4 is 21.5 Å². The molecule has 3 heterocycles. The maximum absolute atomic E-state index is 4.37. The number of hydrogen-bond acceptors (Lipinski definition) is 5. The molecule has 0 unspecified atom stereocenters. The standard InChI is InChI=1S/C21H13N5/c1-2-4-17-16(3-1)20(14-7-23-12-24-8-14)18-5-6-22-11-19(18)21(17)15-9-25-13-26-10-15/h1-13H. The monoisotopic (exact) mass is 335 g/mol. The lowest BCUT2D eigenvalue weighted by molar-refractivity contribution is 1.17. The minimum Gasteiger partial charge on any atom is -0.264 e. The van der Waals surface area contributed by atoms with Gasteiger partial charge in [0.15, 0.2) is 0 Å². The number of aromatic nitrogens is 5. The molecular formula is C21H13N5. The van der Waals surface area contributed by atoms with Crippen LogP contribution in [0.2, 0.25) is 0 Å². The van der Waals surface area contributed by atoms with Gasteiger partial charge in [0.1, 0.15) is 12.7 Å². The molecule has 0 saturated heterocycles. The molecule has 2 aromatic carbocycles. The Balaban J connectivity index is 2.02. The molecule has 0 fully saturated rings. The van der Waals surface area contributed by atoms with Gasteiger partial charge in [-0.15, -0.1) is 0 Å². The molecule has 0 amide bonds. The molecule has 0 N–H and O–H groups in total. The van der Waals surface area contributed by atoms with E-state index in [1.807, 2.05) is 55.4 Å². The Labute approximate surface area is 149 Å². The molecule has 5 nitrogen and oxygen atoms in total. The van der Waals surface area contributed by atoms with Crippen molar-refractivity contribution in [1.29, 1.82) is 0 Å². The van der Waals surface area contributed by atoms with Crippen LogP contribution in [0.4, 0.5) is 0 Å². The SMILES string of the molecule is c1ccc2c(-c3cncnc3)c3cnccc3c(-c3cncnc3)c2c1. The fraction of sp³-hybridized carbons (Fsp3) is 0. The molecule has 3 aromatic heterocycles. The average molecular weight is 335 g/mol. The predicted molar refractivity (Wildman–Crippen MR) is 101 cm³/mol. The van der Waals surface area contributed by atoms with Crippen LogP contribution in [0.15, 0.2) is 80.2 Å². The van der Waals surface area contributed by atoms with Gasteiger partial charge < -0.3 is 0 Å². The van der Waals surface area contributed by atoms with E-state index in [0.717, 1.165) is 43.8 Å². The molecule has 5 aromatic rings. The summed E-state index contributed by atoms with van der Waals surface area (Å²) in [6, 6.07) is 10.4. The summed E-state index contributed by atoms with van der Waals surface area (Å²) in [4.78, 5) is 21.2. The van der Waals surface area contributed by atoms with Gasteiger partial charge in [0, 0.05) is 64.8 Å². The molecule has 0 saturated carbocycles. The van der Waals surface area contributed by atoms with E-state index in [-0.39, 0.29) is 0 Å². The summed E-state index contributed by atoms with van der Waals surface area (Å²) in [7, 11) is 0. The van der Waals surface area contributed by atoms with E-state index < -0.39 is 0 Å². The highest BCUT2D eigenvalue weighted by atomic mass is 14.8. The lowest BCUT2D eigenvalue weighted by Gasteiger charge is -2.16. The van der Waals surface area contributed by atoms with Gasteiger partial charge in [0.25, 0.3) is 0 Å². The first-order valence-corrected chi connectivity index (χ1v) is 8.22. The predicted octanol–water partition coefficient (Wildman–Crippen LogP) is 4.30. The highest BCUT2D eigenvalue weighted by Gasteiger charge is 2.16. The third-order valence-electron chi connectivity index (χ3n) is 4.52. The normalized spacial score (nSPS) is 11.1. The van der Waals surface area contributed by atoms with Crippen LogP contribution in [0.3, 0.4) is 0 Å². The van der Waals surface area contributed by atoms with Gasteiger partial charge in [-0.1, -0.05) is 24.3 Å². The van der Waals surface area contributed by atoms with Gasteiger partial charge in [-0.2, -0.15) is 0 Å². The quantitative estimate of drug-likeness (QED) is 0.450. The van der Waals surface area contributed by atoms with Gasteiger partial charge in [-0.05, 0) is 22.2 Å². The molecule has 122 valence electrons. The Bertz CT molecular complexity index is 1070. The van der Waals surface area contributed by atoms with E-state index in [0.29, 0.717) is 0 Å². The Hall–Kier alpha value is -3.73. The van der Waals surface area contributed by atoms with Crippen molar-refractivity contribution in [2.45, 2.75) is 0 Å². The Morgan fingerprint density at radius 3 is 1.54 bits per heavy atom. The Kier molecular flexibility index (Phi) is 3.35. The van der Waals surface area contributed by atoms with Crippen molar-refractivity contribution in [1.82, 2.24) is 24.9 Å². The number of fused-ring (bicyclic) bond motifs is 2. The molecule has 0 bridgehead atoms. The molecule has 0 spiro atoms. The fourth-order valence-electron chi connectivity index (χ4n) is 3.50. The first-order chi connectivity index (χ1) is 12.9. The maximum atomic E-state index is 4.37. The third-order valence-corrected chi connectivity index (χ3v) is 4.52. The Morgan fingerprint density at radius 2 is 0.962 bits per heavy atom. The Morgan fingerprint density at radius 1 is 0.462 bits per heavy atom. The van der Waals surface area contributed by atoms with Crippen LogP contribution < -0.4 is 0 Å². The first-order valence-electron chi connectivity index (χ1n) is 8.22. The van der Waals surface area contributed by atoms with Crippen LogP contribution in [-0.2, 0) is 0 Å². The number of pyridine rings is 1. The summed E-state index contributed by atoms with van der Waals surface area (Å²) < 4.78 is 0. The van der Waals surface area contributed by atoms with Crippen LogP contribution in [0, 0.1) is 0 Å². The number of nitrogens with zero attached hydrogens (tertiary/aromatic N) is 5. The smallest absolute Gasteiger partial charge is 0.115 e. The highest BCUT2D eigenvalue weighted by molar-refractivity contribution is 6.20. The molecule has 0 aliphatic rings. The molecule has 5 heteroatoms. The largest absolute Gasteiger partial charge is 0.264 e. The van der Waals surface area contributed by atoms with Crippen molar-refractivity contribution in [2.24, 2.45) is 0 Å². The molecule has 26 heavy (non-hydrogen) atoms.